The van der Waals surface area contributed by atoms with Crippen molar-refractivity contribution >= 4 is 46.5 Å². The van der Waals surface area contributed by atoms with E-state index in [1.165, 1.54) is 31.0 Å². The van der Waals surface area contributed by atoms with Crippen LogP contribution in [0, 0.1) is 0 Å². The molecule has 6 rings (SSSR count). The predicted molar refractivity (Wildman–Crippen MR) is 133 cm³/mol. The minimum atomic E-state index is 0.765. The summed E-state index contributed by atoms with van der Waals surface area (Å²) in [6.45, 7) is 1.53. The highest BCUT2D eigenvalue weighted by molar-refractivity contribution is 8.00. The Morgan fingerprint density at radius 1 is 0.562 bits per heavy atom. The van der Waals surface area contributed by atoms with E-state index in [9.17, 15) is 0 Å². The van der Waals surface area contributed by atoms with E-state index in [1.807, 2.05) is 24.5 Å². The van der Waals surface area contributed by atoms with Gasteiger partial charge in [0.25, 0.3) is 0 Å². The van der Waals surface area contributed by atoms with Crippen molar-refractivity contribution in [2.24, 2.45) is 0 Å². The SMILES string of the molecule is C(=C\CN1c2ccccc2Sc2cccnc21)/CN1c2ccccc2Sc2cccnc21. The van der Waals surface area contributed by atoms with E-state index in [0.717, 1.165) is 24.7 Å². The van der Waals surface area contributed by atoms with Gasteiger partial charge in [-0.05, 0) is 48.5 Å². The molecule has 156 valence electrons. The lowest BCUT2D eigenvalue weighted by Crippen LogP contribution is -2.23. The van der Waals surface area contributed by atoms with Gasteiger partial charge in [-0.1, -0.05) is 59.9 Å². The van der Waals surface area contributed by atoms with Crippen molar-refractivity contribution in [3.05, 3.63) is 97.3 Å². The Morgan fingerprint density at radius 2 is 1.00 bits per heavy atom. The molecule has 4 heterocycles. The maximum absolute atomic E-state index is 4.68. The monoisotopic (exact) mass is 452 g/mol. The van der Waals surface area contributed by atoms with Crippen LogP contribution in [0.2, 0.25) is 0 Å². The van der Waals surface area contributed by atoms with Crippen LogP contribution in [0.4, 0.5) is 23.0 Å². The van der Waals surface area contributed by atoms with Gasteiger partial charge in [0.2, 0.25) is 0 Å². The van der Waals surface area contributed by atoms with Crippen LogP contribution >= 0.6 is 23.5 Å². The second-order valence-electron chi connectivity index (χ2n) is 7.48. The van der Waals surface area contributed by atoms with Gasteiger partial charge in [-0.25, -0.2) is 9.97 Å². The summed E-state index contributed by atoms with van der Waals surface area (Å²) in [7, 11) is 0. The minimum Gasteiger partial charge on any atom is -0.321 e. The fraction of sp³-hybridized carbons (Fsp3) is 0.0769. The van der Waals surface area contributed by atoms with Crippen molar-refractivity contribution < 1.29 is 0 Å². The molecule has 32 heavy (non-hydrogen) atoms. The Kier molecular flexibility index (Phi) is 5.09. The van der Waals surface area contributed by atoms with Crippen molar-refractivity contribution in [3.8, 4) is 0 Å². The molecule has 4 nitrogen and oxygen atoms in total. The molecule has 0 N–H and O–H groups in total. The zero-order valence-corrected chi connectivity index (χ0v) is 18.9. The summed E-state index contributed by atoms with van der Waals surface area (Å²) >= 11 is 3.57. The molecular formula is C26H20N4S2. The van der Waals surface area contributed by atoms with E-state index in [-0.39, 0.29) is 0 Å². The fourth-order valence-electron chi connectivity index (χ4n) is 4.06. The van der Waals surface area contributed by atoms with E-state index in [4.69, 9.17) is 0 Å². The molecule has 0 spiro atoms. The van der Waals surface area contributed by atoms with Gasteiger partial charge in [-0.2, -0.15) is 0 Å². The highest BCUT2D eigenvalue weighted by atomic mass is 32.2. The third-order valence-electron chi connectivity index (χ3n) is 5.51. The van der Waals surface area contributed by atoms with Gasteiger partial charge < -0.3 is 9.80 Å². The predicted octanol–water partition coefficient (Wildman–Crippen LogP) is 6.94. The average molecular weight is 453 g/mol. The topological polar surface area (TPSA) is 32.3 Å². The molecule has 2 aromatic carbocycles. The number of aromatic nitrogens is 2. The number of pyridine rings is 2. The Bertz CT molecular complexity index is 1130. The van der Waals surface area contributed by atoms with Gasteiger partial charge in [-0.15, -0.1) is 0 Å². The van der Waals surface area contributed by atoms with Crippen molar-refractivity contribution in [1.29, 1.82) is 0 Å². The van der Waals surface area contributed by atoms with Crippen LogP contribution in [-0.2, 0) is 0 Å². The Hall–Kier alpha value is -3.22. The Morgan fingerprint density at radius 3 is 1.50 bits per heavy atom. The summed E-state index contributed by atoms with van der Waals surface area (Å²) in [6, 6.07) is 25.4. The highest BCUT2D eigenvalue weighted by Crippen LogP contribution is 2.47. The number of para-hydroxylation sites is 2. The summed E-state index contributed by atoms with van der Waals surface area (Å²) in [5, 5.41) is 0. The lowest BCUT2D eigenvalue weighted by Gasteiger charge is -2.31. The Balaban J connectivity index is 1.27. The van der Waals surface area contributed by atoms with Crippen LogP contribution in [0.3, 0.4) is 0 Å². The van der Waals surface area contributed by atoms with E-state index < -0.39 is 0 Å². The fourth-order valence-corrected chi connectivity index (χ4v) is 6.19. The molecule has 0 amide bonds. The first-order valence-electron chi connectivity index (χ1n) is 10.5. The average Bonchev–Trinajstić information content (AvgIpc) is 2.85. The second kappa shape index (κ2) is 8.37. The molecule has 6 heteroatoms. The van der Waals surface area contributed by atoms with Gasteiger partial charge in [0.05, 0.1) is 21.2 Å². The number of benzene rings is 2. The number of fused-ring (bicyclic) bond motifs is 4. The molecule has 0 bridgehead atoms. The molecule has 0 atom stereocenters. The molecule has 0 aliphatic carbocycles. The van der Waals surface area contributed by atoms with E-state index in [1.54, 1.807) is 23.5 Å². The molecule has 0 saturated heterocycles. The molecule has 2 aromatic heterocycles. The van der Waals surface area contributed by atoms with Crippen molar-refractivity contribution in [2.75, 3.05) is 22.9 Å². The maximum Gasteiger partial charge on any atom is 0.147 e. The summed E-state index contributed by atoms with van der Waals surface area (Å²) in [5.41, 5.74) is 2.42. The lowest BCUT2D eigenvalue weighted by atomic mass is 10.2. The van der Waals surface area contributed by atoms with Crippen molar-refractivity contribution in [3.63, 3.8) is 0 Å². The van der Waals surface area contributed by atoms with Crippen LogP contribution in [-0.4, -0.2) is 23.1 Å². The molecule has 0 fully saturated rings. The highest BCUT2D eigenvalue weighted by Gasteiger charge is 2.24. The first kappa shape index (κ1) is 19.5. The van der Waals surface area contributed by atoms with Gasteiger partial charge in [-0.3, -0.25) is 0 Å². The zero-order chi connectivity index (χ0) is 21.3. The van der Waals surface area contributed by atoms with Gasteiger partial charge in [0, 0.05) is 35.3 Å². The molecule has 0 radical (unpaired) electrons. The summed E-state index contributed by atoms with van der Waals surface area (Å²) in [6.07, 6.45) is 8.21. The summed E-state index contributed by atoms with van der Waals surface area (Å²) in [5.74, 6) is 2.04. The van der Waals surface area contributed by atoms with Crippen molar-refractivity contribution in [1.82, 2.24) is 9.97 Å². The molecule has 2 aliphatic rings. The quantitative estimate of drug-likeness (QED) is 0.312. The first-order chi connectivity index (χ1) is 15.9. The summed E-state index contributed by atoms with van der Waals surface area (Å²) in [4.78, 5) is 18.9. The number of nitrogens with zero attached hydrogens (tertiary/aromatic N) is 4. The standard InChI is InChI=1S/C26H20N4S2/c1-3-11-21-19(9-1)29(25-23(31-21)13-7-15-27-25)17-5-6-18-30-20-10-2-4-12-22(20)32-24-14-8-16-28-26(24)30/h1-16H,17-18H2/b6-5+. The van der Waals surface area contributed by atoms with Crippen LogP contribution in [0.1, 0.15) is 0 Å². The van der Waals surface area contributed by atoms with Crippen LogP contribution in [0.5, 0.6) is 0 Å². The molecule has 0 saturated carbocycles. The van der Waals surface area contributed by atoms with Crippen LogP contribution in [0.25, 0.3) is 0 Å². The third-order valence-corrected chi connectivity index (χ3v) is 7.72. The van der Waals surface area contributed by atoms with Gasteiger partial charge in [0.1, 0.15) is 11.6 Å². The molecule has 4 aromatic rings. The van der Waals surface area contributed by atoms with Crippen LogP contribution < -0.4 is 9.80 Å². The largest absolute Gasteiger partial charge is 0.321 e. The Labute approximate surface area is 196 Å². The second-order valence-corrected chi connectivity index (χ2v) is 9.65. The van der Waals surface area contributed by atoms with Crippen LogP contribution in [0.15, 0.2) is 117 Å². The van der Waals surface area contributed by atoms with Gasteiger partial charge >= 0.3 is 0 Å². The molecule has 0 unspecified atom stereocenters. The molecular weight excluding hydrogens is 432 g/mol. The van der Waals surface area contributed by atoms with Crippen molar-refractivity contribution in [2.45, 2.75) is 19.6 Å². The van der Waals surface area contributed by atoms with E-state index >= 15 is 0 Å². The minimum absolute atomic E-state index is 0.765. The third kappa shape index (κ3) is 3.45. The normalized spacial score (nSPS) is 14.0. The summed E-state index contributed by atoms with van der Waals surface area (Å²) < 4.78 is 0. The number of hydrogen-bond donors (Lipinski definition) is 0. The number of hydrogen-bond acceptors (Lipinski definition) is 6. The first-order valence-corrected chi connectivity index (χ1v) is 12.2. The number of rotatable bonds is 4. The lowest BCUT2D eigenvalue weighted by molar-refractivity contribution is 0.965. The molecule has 2 aliphatic heterocycles. The van der Waals surface area contributed by atoms with E-state index in [2.05, 4.69) is 92.6 Å². The maximum atomic E-state index is 4.68. The number of anilines is 4. The smallest absolute Gasteiger partial charge is 0.147 e. The van der Waals surface area contributed by atoms with E-state index in [0.29, 0.717) is 0 Å². The van der Waals surface area contributed by atoms with Gasteiger partial charge in [0.15, 0.2) is 0 Å². The zero-order valence-electron chi connectivity index (χ0n) is 17.3.